The molecule has 1 N–H and O–H groups in total. The van der Waals surface area contributed by atoms with E-state index in [1.165, 1.54) is 12.8 Å². The second-order valence-electron chi connectivity index (χ2n) is 6.50. The van der Waals surface area contributed by atoms with Crippen LogP contribution in [0.3, 0.4) is 0 Å². The molecule has 1 aromatic carbocycles. The van der Waals surface area contributed by atoms with E-state index in [2.05, 4.69) is 26.1 Å². The van der Waals surface area contributed by atoms with Crippen LogP contribution in [-0.4, -0.2) is 6.04 Å². The van der Waals surface area contributed by atoms with Crippen molar-refractivity contribution >= 4 is 40.5 Å². The zero-order valence-electron chi connectivity index (χ0n) is 11.6. The molecule has 2 rings (SSSR count). The SMILES string of the molecule is CC1CC(Nc2cc(Cl)c(Cl)cc2Cl)CC(C)(C)C1. The summed E-state index contributed by atoms with van der Waals surface area (Å²) in [6, 6.07) is 3.96. The van der Waals surface area contributed by atoms with E-state index in [1.807, 2.05) is 6.07 Å². The van der Waals surface area contributed by atoms with Crippen LogP contribution in [0.15, 0.2) is 12.1 Å². The van der Waals surface area contributed by atoms with Gasteiger partial charge in [0.1, 0.15) is 0 Å². The molecule has 0 radical (unpaired) electrons. The second kappa shape index (κ2) is 5.71. The number of nitrogens with one attached hydrogen (secondary N) is 1. The first-order chi connectivity index (χ1) is 8.77. The van der Waals surface area contributed by atoms with Gasteiger partial charge in [-0.1, -0.05) is 55.6 Å². The summed E-state index contributed by atoms with van der Waals surface area (Å²) in [5, 5.41) is 5.19. The van der Waals surface area contributed by atoms with Crippen LogP contribution in [0.25, 0.3) is 0 Å². The van der Waals surface area contributed by atoms with Gasteiger partial charge in [0.25, 0.3) is 0 Å². The molecule has 0 bridgehead atoms. The lowest BCUT2D eigenvalue weighted by atomic mass is 9.70. The average molecular weight is 321 g/mol. The van der Waals surface area contributed by atoms with Crippen LogP contribution in [0, 0.1) is 11.3 Å². The van der Waals surface area contributed by atoms with Gasteiger partial charge >= 0.3 is 0 Å². The minimum Gasteiger partial charge on any atom is -0.381 e. The monoisotopic (exact) mass is 319 g/mol. The molecule has 0 saturated heterocycles. The Kier molecular flexibility index (Phi) is 4.59. The molecule has 4 heteroatoms. The molecule has 1 fully saturated rings. The largest absolute Gasteiger partial charge is 0.381 e. The maximum Gasteiger partial charge on any atom is 0.0653 e. The number of rotatable bonds is 2. The Morgan fingerprint density at radius 2 is 1.68 bits per heavy atom. The number of halogens is 3. The van der Waals surface area contributed by atoms with Crippen LogP contribution < -0.4 is 5.32 Å². The number of hydrogen-bond acceptors (Lipinski definition) is 1. The highest BCUT2D eigenvalue weighted by atomic mass is 35.5. The third kappa shape index (κ3) is 3.93. The van der Waals surface area contributed by atoms with E-state index in [-0.39, 0.29) is 0 Å². The number of anilines is 1. The van der Waals surface area contributed by atoms with Gasteiger partial charge in [0.05, 0.1) is 20.8 Å². The molecule has 2 atom stereocenters. The molecule has 1 nitrogen and oxygen atoms in total. The fourth-order valence-corrected chi connectivity index (χ4v) is 3.91. The van der Waals surface area contributed by atoms with Gasteiger partial charge in [-0.25, -0.2) is 0 Å². The van der Waals surface area contributed by atoms with Crippen LogP contribution in [0.4, 0.5) is 5.69 Å². The topological polar surface area (TPSA) is 12.0 Å². The van der Waals surface area contributed by atoms with E-state index < -0.39 is 0 Å². The first kappa shape index (κ1) is 15.3. The zero-order chi connectivity index (χ0) is 14.2. The van der Waals surface area contributed by atoms with Gasteiger partial charge in [0.15, 0.2) is 0 Å². The third-order valence-corrected chi connectivity index (χ3v) is 4.79. The molecular formula is C15H20Cl3N. The van der Waals surface area contributed by atoms with Crippen LogP contribution in [0.1, 0.15) is 40.0 Å². The molecule has 0 spiro atoms. The van der Waals surface area contributed by atoms with Crippen molar-refractivity contribution < 1.29 is 0 Å². The summed E-state index contributed by atoms with van der Waals surface area (Å²) in [7, 11) is 0. The van der Waals surface area contributed by atoms with Gasteiger partial charge in [-0.15, -0.1) is 0 Å². The Morgan fingerprint density at radius 1 is 1.05 bits per heavy atom. The summed E-state index contributed by atoms with van der Waals surface area (Å²) in [6.07, 6.45) is 3.59. The smallest absolute Gasteiger partial charge is 0.0653 e. The van der Waals surface area contributed by atoms with Crippen molar-refractivity contribution in [3.05, 3.63) is 27.2 Å². The fourth-order valence-electron chi connectivity index (χ4n) is 3.31. The standard InChI is InChI=1S/C15H20Cl3N/c1-9-4-10(8-15(2,3)7-9)19-14-6-12(17)11(16)5-13(14)18/h5-6,9-10,19H,4,7-8H2,1-3H3. The predicted molar refractivity (Wildman–Crippen MR) is 85.7 cm³/mol. The molecule has 0 aromatic heterocycles. The van der Waals surface area contributed by atoms with Crippen LogP contribution >= 0.6 is 34.8 Å². The molecule has 1 aliphatic carbocycles. The number of hydrogen-bond donors (Lipinski definition) is 1. The maximum atomic E-state index is 6.22. The Bertz CT molecular complexity index is 471. The molecule has 1 aromatic rings. The molecule has 2 unspecified atom stereocenters. The van der Waals surface area contributed by atoms with Crippen LogP contribution in [0.5, 0.6) is 0 Å². The lowest BCUT2D eigenvalue weighted by Gasteiger charge is -2.39. The lowest BCUT2D eigenvalue weighted by Crippen LogP contribution is -2.35. The summed E-state index contributed by atoms with van der Waals surface area (Å²) in [5.74, 6) is 0.725. The van der Waals surface area contributed by atoms with Gasteiger partial charge in [-0.05, 0) is 42.7 Å². The molecule has 0 aliphatic heterocycles. The predicted octanol–water partition coefficient (Wildman–Crippen LogP) is 6.27. The molecule has 19 heavy (non-hydrogen) atoms. The minimum absolute atomic E-state index is 0.373. The Morgan fingerprint density at radius 3 is 2.32 bits per heavy atom. The Balaban J connectivity index is 2.15. The van der Waals surface area contributed by atoms with Gasteiger partial charge < -0.3 is 5.32 Å². The van der Waals surface area contributed by atoms with Crippen LogP contribution in [-0.2, 0) is 0 Å². The molecule has 1 saturated carbocycles. The van der Waals surface area contributed by atoms with E-state index >= 15 is 0 Å². The van der Waals surface area contributed by atoms with E-state index in [1.54, 1.807) is 6.07 Å². The highest BCUT2D eigenvalue weighted by Gasteiger charge is 2.32. The molecular weight excluding hydrogens is 301 g/mol. The van der Waals surface area contributed by atoms with Crippen molar-refractivity contribution in [3.8, 4) is 0 Å². The van der Waals surface area contributed by atoms with E-state index in [0.29, 0.717) is 26.5 Å². The molecule has 0 heterocycles. The fraction of sp³-hybridized carbons (Fsp3) is 0.600. The van der Waals surface area contributed by atoms with Crippen LogP contribution in [0.2, 0.25) is 15.1 Å². The molecule has 1 aliphatic rings. The van der Waals surface area contributed by atoms with E-state index in [9.17, 15) is 0 Å². The Labute approximate surface area is 130 Å². The van der Waals surface area contributed by atoms with Gasteiger partial charge in [-0.3, -0.25) is 0 Å². The lowest BCUT2D eigenvalue weighted by molar-refractivity contribution is 0.178. The average Bonchev–Trinajstić information content (AvgIpc) is 2.22. The molecule has 0 amide bonds. The summed E-state index contributed by atoms with van der Waals surface area (Å²) < 4.78 is 0. The summed E-state index contributed by atoms with van der Waals surface area (Å²) in [5.41, 5.74) is 1.25. The maximum absolute atomic E-state index is 6.22. The van der Waals surface area contributed by atoms with Gasteiger partial charge in [-0.2, -0.15) is 0 Å². The quantitative estimate of drug-likeness (QED) is 0.633. The minimum atomic E-state index is 0.373. The van der Waals surface area contributed by atoms with Crippen molar-refractivity contribution in [2.45, 2.75) is 46.1 Å². The normalized spacial score (nSPS) is 26.2. The molecule has 106 valence electrons. The van der Waals surface area contributed by atoms with Crippen molar-refractivity contribution in [1.82, 2.24) is 0 Å². The van der Waals surface area contributed by atoms with Crippen molar-refractivity contribution in [3.63, 3.8) is 0 Å². The van der Waals surface area contributed by atoms with Crippen molar-refractivity contribution in [2.75, 3.05) is 5.32 Å². The number of benzene rings is 1. The van der Waals surface area contributed by atoms with Crippen molar-refractivity contribution in [2.24, 2.45) is 11.3 Å². The summed E-state index contributed by atoms with van der Waals surface area (Å²) >= 11 is 18.2. The first-order valence-electron chi connectivity index (χ1n) is 6.68. The summed E-state index contributed by atoms with van der Waals surface area (Å²) in [4.78, 5) is 0. The first-order valence-corrected chi connectivity index (χ1v) is 7.81. The highest BCUT2D eigenvalue weighted by Crippen LogP contribution is 2.41. The van der Waals surface area contributed by atoms with E-state index in [0.717, 1.165) is 18.0 Å². The highest BCUT2D eigenvalue weighted by molar-refractivity contribution is 6.44. The van der Waals surface area contributed by atoms with Gasteiger partial charge in [0, 0.05) is 6.04 Å². The second-order valence-corrected chi connectivity index (χ2v) is 7.72. The van der Waals surface area contributed by atoms with E-state index in [4.69, 9.17) is 34.8 Å². The summed E-state index contributed by atoms with van der Waals surface area (Å²) in [6.45, 7) is 6.97. The zero-order valence-corrected chi connectivity index (χ0v) is 13.8. The Hall–Kier alpha value is -0.110. The van der Waals surface area contributed by atoms with Crippen molar-refractivity contribution in [1.29, 1.82) is 0 Å². The third-order valence-electron chi connectivity index (χ3n) is 3.76. The van der Waals surface area contributed by atoms with Gasteiger partial charge in [0.2, 0.25) is 0 Å².